The maximum absolute atomic E-state index is 12.9. The van der Waals surface area contributed by atoms with Crippen LogP contribution in [0.25, 0.3) is 0 Å². The van der Waals surface area contributed by atoms with Crippen LogP contribution in [-0.4, -0.2) is 77.6 Å². The molecule has 0 unspecified atom stereocenters. The molecule has 1 aromatic carbocycles. The van der Waals surface area contributed by atoms with Crippen molar-refractivity contribution in [2.45, 2.75) is 25.7 Å². The molecule has 194 valence electrons. The van der Waals surface area contributed by atoms with E-state index in [1.807, 2.05) is 37.3 Å². The van der Waals surface area contributed by atoms with Crippen molar-refractivity contribution in [2.75, 3.05) is 52.3 Å². The molecule has 0 aliphatic carbocycles. The van der Waals surface area contributed by atoms with Crippen molar-refractivity contribution in [2.24, 2.45) is 0 Å². The highest BCUT2D eigenvalue weighted by Crippen LogP contribution is 2.28. The van der Waals surface area contributed by atoms with Gasteiger partial charge in [0.15, 0.2) is 5.13 Å². The SMILES string of the molecule is COc1ccc(OCCN(C)C(=O)c2csc(Nc3cc([C@H]4CCCN(CC#N)C4)nc(C)n3)n2)cc1. The first-order valence-electron chi connectivity index (χ1n) is 12.1. The number of carbonyl (C=O) groups excluding carboxylic acids is 1. The van der Waals surface area contributed by atoms with Crippen LogP contribution in [0.2, 0.25) is 0 Å². The lowest BCUT2D eigenvalue weighted by atomic mass is 9.94. The first kappa shape index (κ1) is 26.3. The van der Waals surface area contributed by atoms with Crippen molar-refractivity contribution in [3.63, 3.8) is 0 Å². The molecule has 3 aromatic rings. The number of amides is 1. The average molecular weight is 522 g/mol. The van der Waals surface area contributed by atoms with E-state index in [1.54, 1.807) is 24.4 Å². The summed E-state index contributed by atoms with van der Waals surface area (Å²) in [6.45, 7) is 4.84. The highest BCUT2D eigenvalue weighted by atomic mass is 32.1. The molecule has 1 amide bonds. The van der Waals surface area contributed by atoms with Crippen molar-refractivity contribution < 1.29 is 14.3 Å². The zero-order valence-corrected chi connectivity index (χ0v) is 22.1. The number of aromatic nitrogens is 3. The van der Waals surface area contributed by atoms with Crippen molar-refractivity contribution in [1.29, 1.82) is 5.26 Å². The number of nitrogens with zero attached hydrogens (tertiary/aromatic N) is 6. The first-order chi connectivity index (χ1) is 17.9. The maximum atomic E-state index is 12.9. The number of anilines is 2. The fraction of sp³-hybridized carbons (Fsp3) is 0.423. The van der Waals surface area contributed by atoms with Crippen LogP contribution in [0.3, 0.4) is 0 Å². The van der Waals surface area contributed by atoms with E-state index in [2.05, 4.69) is 31.2 Å². The highest BCUT2D eigenvalue weighted by Gasteiger charge is 2.23. The zero-order chi connectivity index (χ0) is 26.2. The summed E-state index contributed by atoms with van der Waals surface area (Å²) in [5.74, 6) is 2.87. The maximum Gasteiger partial charge on any atom is 0.273 e. The van der Waals surface area contributed by atoms with E-state index in [0.29, 0.717) is 47.9 Å². The summed E-state index contributed by atoms with van der Waals surface area (Å²) < 4.78 is 10.9. The molecule has 1 N–H and O–H groups in total. The summed E-state index contributed by atoms with van der Waals surface area (Å²) >= 11 is 1.35. The number of piperidine rings is 1. The molecule has 0 saturated carbocycles. The van der Waals surface area contributed by atoms with E-state index in [9.17, 15) is 4.79 Å². The molecule has 0 spiro atoms. The van der Waals surface area contributed by atoms with Crippen LogP contribution in [0.15, 0.2) is 35.7 Å². The summed E-state index contributed by atoms with van der Waals surface area (Å²) in [6.07, 6.45) is 2.07. The molecule has 1 saturated heterocycles. The number of benzene rings is 1. The predicted molar refractivity (Wildman–Crippen MR) is 142 cm³/mol. The molecule has 1 aliphatic rings. The van der Waals surface area contributed by atoms with Gasteiger partial charge in [-0.05, 0) is 50.6 Å². The van der Waals surface area contributed by atoms with Gasteiger partial charge >= 0.3 is 0 Å². The number of hydrogen-bond donors (Lipinski definition) is 1. The van der Waals surface area contributed by atoms with Crippen LogP contribution in [0.1, 0.15) is 40.8 Å². The summed E-state index contributed by atoms with van der Waals surface area (Å²) in [4.78, 5) is 30.2. The molecule has 1 fully saturated rings. The third kappa shape index (κ3) is 7.15. The van der Waals surface area contributed by atoms with Gasteiger partial charge in [-0.3, -0.25) is 9.69 Å². The van der Waals surface area contributed by atoms with Crippen LogP contribution in [0, 0.1) is 18.3 Å². The number of hydrogen-bond acceptors (Lipinski definition) is 10. The summed E-state index contributed by atoms with van der Waals surface area (Å²) in [5, 5.41) is 14.6. The number of carbonyl (C=O) groups is 1. The lowest BCUT2D eigenvalue weighted by molar-refractivity contribution is 0.0769. The molecule has 37 heavy (non-hydrogen) atoms. The van der Waals surface area contributed by atoms with Gasteiger partial charge in [-0.25, -0.2) is 15.0 Å². The smallest absolute Gasteiger partial charge is 0.273 e. The van der Waals surface area contributed by atoms with Gasteiger partial charge in [-0.15, -0.1) is 11.3 Å². The van der Waals surface area contributed by atoms with Crippen molar-refractivity contribution in [3.8, 4) is 17.6 Å². The molecule has 2 aromatic heterocycles. The van der Waals surface area contributed by atoms with E-state index >= 15 is 0 Å². The quantitative estimate of drug-likeness (QED) is 0.397. The van der Waals surface area contributed by atoms with Crippen molar-refractivity contribution in [1.82, 2.24) is 24.8 Å². The topological polar surface area (TPSA) is 117 Å². The Hall–Kier alpha value is -3.75. The van der Waals surface area contributed by atoms with Crippen LogP contribution < -0.4 is 14.8 Å². The van der Waals surface area contributed by atoms with E-state index in [-0.39, 0.29) is 11.8 Å². The molecule has 0 radical (unpaired) electrons. The average Bonchev–Trinajstić information content (AvgIpc) is 3.37. The standard InChI is InChI=1S/C26H31N7O3S/c1-18-28-22(19-5-4-11-33(16-19)12-10-27)15-24(29-18)31-26-30-23(17-37-26)25(34)32(2)13-14-36-21-8-6-20(35-3)7-9-21/h6-9,15,17,19H,4-5,11-14,16H2,1-3H3,(H,28,29,30,31)/t19-/m0/s1. The predicted octanol–water partition coefficient (Wildman–Crippen LogP) is 3.85. The van der Waals surface area contributed by atoms with E-state index in [4.69, 9.17) is 14.7 Å². The Morgan fingerprint density at radius 2 is 2.05 bits per heavy atom. The Bertz CT molecular complexity index is 1240. The van der Waals surface area contributed by atoms with Crippen LogP contribution in [-0.2, 0) is 0 Å². The monoisotopic (exact) mass is 521 g/mol. The lowest BCUT2D eigenvalue weighted by Gasteiger charge is -2.30. The number of likely N-dealkylation sites (tertiary alicyclic amines) is 1. The number of thiazole rings is 1. The minimum Gasteiger partial charge on any atom is -0.497 e. The second kappa shape index (κ2) is 12.5. The molecule has 3 heterocycles. The summed E-state index contributed by atoms with van der Waals surface area (Å²) in [5.41, 5.74) is 1.33. The van der Waals surface area contributed by atoms with Crippen molar-refractivity contribution in [3.05, 3.63) is 52.9 Å². The van der Waals surface area contributed by atoms with Gasteiger partial charge in [0.25, 0.3) is 5.91 Å². The molecular formula is C26H31N7O3S. The Balaban J connectivity index is 1.33. The van der Waals surface area contributed by atoms with E-state index < -0.39 is 0 Å². The minimum atomic E-state index is -0.179. The number of nitrogens with one attached hydrogen (secondary N) is 1. The summed E-state index contributed by atoms with van der Waals surface area (Å²) in [7, 11) is 3.34. The molecule has 0 bridgehead atoms. The van der Waals surface area contributed by atoms with Gasteiger partial charge < -0.3 is 19.7 Å². The molecule has 11 heteroatoms. The Morgan fingerprint density at radius 1 is 1.27 bits per heavy atom. The molecule has 1 atom stereocenters. The third-order valence-electron chi connectivity index (χ3n) is 6.14. The first-order valence-corrected chi connectivity index (χ1v) is 13.0. The zero-order valence-electron chi connectivity index (χ0n) is 21.3. The number of nitriles is 1. The lowest BCUT2D eigenvalue weighted by Crippen LogP contribution is -2.35. The molecule has 1 aliphatic heterocycles. The Morgan fingerprint density at radius 3 is 2.81 bits per heavy atom. The summed E-state index contributed by atoms with van der Waals surface area (Å²) in [6, 6.07) is 11.5. The normalized spacial score (nSPS) is 15.6. The Labute approximate surface area is 220 Å². The van der Waals surface area contributed by atoms with Gasteiger partial charge in [-0.1, -0.05) is 0 Å². The van der Waals surface area contributed by atoms with Gasteiger partial charge in [-0.2, -0.15) is 5.26 Å². The molecule has 4 rings (SSSR count). The molecule has 10 nitrogen and oxygen atoms in total. The van der Waals surface area contributed by atoms with Crippen molar-refractivity contribution >= 4 is 28.2 Å². The second-order valence-corrected chi connectivity index (χ2v) is 9.73. The minimum absolute atomic E-state index is 0.179. The fourth-order valence-corrected chi connectivity index (χ4v) is 4.90. The fourth-order valence-electron chi connectivity index (χ4n) is 4.21. The van der Waals surface area contributed by atoms with Crippen LogP contribution in [0.4, 0.5) is 10.9 Å². The number of rotatable bonds is 10. The third-order valence-corrected chi connectivity index (χ3v) is 6.89. The number of methoxy groups -OCH3 is 1. The van der Waals surface area contributed by atoms with E-state index in [0.717, 1.165) is 37.4 Å². The van der Waals surface area contributed by atoms with Gasteiger partial charge in [0.2, 0.25) is 0 Å². The number of ether oxygens (including phenoxy) is 2. The highest BCUT2D eigenvalue weighted by molar-refractivity contribution is 7.14. The number of aryl methyl sites for hydroxylation is 1. The largest absolute Gasteiger partial charge is 0.497 e. The van der Waals surface area contributed by atoms with Gasteiger partial charge in [0, 0.05) is 31.0 Å². The number of likely N-dealkylation sites (N-methyl/N-ethyl adjacent to an activating group) is 1. The van der Waals surface area contributed by atoms with Crippen LogP contribution >= 0.6 is 11.3 Å². The molecular weight excluding hydrogens is 490 g/mol. The van der Waals surface area contributed by atoms with Gasteiger partial charge in [0.05, 0.1) is 32.0 Å². The second-order valence-electron chi connectivity index (χ2n) is 8.87. The van der Waals surface area contributed by atoms with Crippen LogP contribution in [0.5, 0.6) is 11.5 Å². The van der Waals surface area contributed by atoms with Gasteiger partial charge in [0.1, 0.15) is 35.4 Å². The Kier molecular flexibility index (Phi) is 8.87. The van der Waals surface area contributed by atoms with E-state index in [1.165, 1.54) is 11.3 Å².